The number of hydrogen-bond donors (Lipinski definition) is 1. The molecule has 4 nitrogen and oxygen atoms in total. The standard InChI is InChI=1S/C15H12ClN3O/c16-13-7-11(17)6-5-10(13)9-19-14-4-2-1-3-12(14)15(20)8-18-19/h1-8H,9,17H2. The van der Waals surface area contributed by atoms with Gasteiger partial charge in [-0.1, -0.05) is 29.8 Å². The van der Waals surface area contributed by atoms with Crippen molar-refractivity contribution in [1.82, 2.24) is 9.78 Å². The maximum absolute atomic E-state index is 11.8. The number of aromatic nitrogens is 2. The van der Waals surface area contributed by atoms with Crippen LogP contribution >= 0.6 is 11.6 Å². The number of benzene rings is 2. The molecule has 0 unspecified atom stereocenters. The molecule has 0 fully saturated rings. The maximum atomic E-state index is 11.8. The van der Waals surface area contributed by atoms with E-state index in [4.69, 9.17) is 17.3 Å². The minimum atomic E-state index is -0.0831. The quantitative estimate of drug-likeness (QED) is 0.737. The van der Waals surface area contributed by atoms with E-state index in [9.17, 15) is 4.79 Å². The highest BCUT2D eigenvalue weighted by molar-refractivity contribution is 6.31. The van der Waals surface area contributed by atoms with E-state index in [2.05, 4.69) is 5.10 Å². The van der Waals surface area contributed by atoms with E-state index in [-0.39, 0.29) is 5.43 Å². The van der Waals surface area contributed by atoms with Crippen LogP contribution in [0.2, 0.25) is 5.02 Å². The Hall–Kier alpha value is -2.33. The van der Waals surface area contributed by atoms with Gasteiger partial charge in [-0.3, -0.25) is 9.48 Å². The third kappa shape index (κ3) is 2.26. The second kappa shape index (κ2) is 4.98. The number of nitrogens with zero attached hydrogens (tertiary/aromatic N) is 2. The molecule has 1 aromatic heterocycles. The van der Waals surface area contributed by atoms with Gasteiger partial charge in [0.15, 0.2) is 0 Å². The summed E-state index contributed by atoms with van der Waals surface area (Å²) in [5.74, 6) is 0. The van der Waals surface area contributed by atoms with Crippen LogP contribution in [0.4, 0.5) is 5.69 Å². The second-order valence-electron chi connectivity index (χ2n) is 4.53. The lowest BCUT2D eigenvalue weighted by molar-refractivity contribution is 0.695. The topological polar surface area (TPSA) is 60.9 Å². The lowest BCUT2D eigenvalue weighted by Gasteiger charge is -2.10. The van der Waals surface area contributed by atoms with Crippen molar-refractivity contribution in [3.63, 3.8) is 0 Å². The van der Waals surface area contributed by atoms with Crippen LogP contribution in [0.1, 0.15) is 5.56 Å². The van der Waals surface area contributed by atoms with E-state index in [1.54, 1.807) is 22.9 Å². The molecule has 0 spiro atoms. The minimum Gasteiger partial charge on any atom is -0.399 e. The first kappa shape index (κ1) is 12.7. The zero-order valence-corrected chi connectivity index (χ0v) is 11.3. The van der Waals surface area contributed by atoms with E-state index in [1.165, 1.54) is 6.20 Å². The molecule has 0 aliphatic heterocycles. The third-order valence-electron chi connectivity index (χ3n) is 3.16. The van der Waals surface area contributed by atoms with Gasteiger partial charge >= 0.3 is 0 Å². The second-order valence-corrected chi connectivity index (χ2v) is 4.94. The molecule has 1 heterocycles. The van der Waals surface area contributed by atoms with E-state index >= 15 is 0 Å². The van der Waals surface area contributed by atoms with Gasteiger partial charge in [-0.15, -0.1) is 0 Å². The Balaban J connectivity index is 2.11. The predicted octanol–water partition coefficient (Wildman–Crippen LogP) is 2.68. The number of nitrogen functional groups attached to an aromatic ring is 1. The molecule has 0 amide bonds. The number of fused-ring (bicyclic) bond motifs is 1. The van der Waals surface area contributed by atoms with Crippen LogP contribution < -0.4 is 11.2 Å². The van der Waals surface area contributed by atoms with Crippen molar-refractivity contribution in [3.05, 3.63) is 69.5 Å². The van der Waals surface area contributed by atoms with Crippen LogP contribution in [0.5, 0.6) is 0 Å². The van der Waals surface area contributed by atoms with Gasteiger partial charge in [-0.2, -0.15) is 5.10 Å². The highest BCUT2D eigenvalue weighted by Gasteiger charge is 2.06. The maximum Gasteiger partial charge on any atom is 0.207 e. The van der Waals surface area contributed by atoms with Crippen molar-refractivity contribution in [2.75, 3.05) is 5.73 Å². The Morgan fingerprint density at radius 2 is 2.00 bits per heavy atom. The van der Waals surface area contributed by atoms with Gasteiger partial charge in [0.2, 0.25) is 5.43 Å². The Morgan fingerprint density at radius 1 is 1.20 bits per heavy atom. The monoisotopic (exact) mass is 285 g/mol. The van der Waals surface area contributed by atoms with Crippen LogP contribution in [-0.4, -0.2) is 9.78 Å². The summed E-state index contributed by atoms with van der Waals surface area (Å²) in [6.45, 7) is 0.486. The van der Waals surface area contributed by atoms with Gasteiger partial charge in [0.05, 0.1) is 18.3 Å². The zero-order chi connectivity index (χ0) is 14.1. The SMILES string of the molecule is Nc1ccc(Cn2ncc(=O)c3ccccc32)c(Cl)c1. The van der Waals surface area contributed by atoms with Gasteiger partial charge in [0.25, 0.3) is 0 Å². The summed E-state index contributed by atoms with van der Waals surface area (Å²) < 4.78 is 1.76. The van der Waals surface area contributed by atoms with Crippen LogP contribution in [0.25, 0.3) is 10.9 Å². The van der Waals surface area contributed by atoms with E-state index in [1.807, 2.05) is 24.3 Å². The molecule has 0 saturated heterocycles. The number of para-hydroxylation sites is 1. The lowest BCUT2D eigenvalue weighted by atomic mass is 10.2. The molecule has 0 aliphatic rings. The highest BCUT2D eigenvalue weighted by atomic mass is 35.5. The number of halogens is 1. The van der Waals surface area contributed by atoms with E-state index in [0.717, 1.165) is 11.1 Å². The van der Waals surface area contributed by atoms with Crippen molar-refractivity contribution >= 4 is 28.2 Å². The Kier molecular flexibility index (Phi) is 3.16. The molecule has 2 N–H and O–H groups in total. The van der Waals surface area contributed by atoms with Crippen LogP contribution in [0.3, 0.4) is 0 Å². The summed E-state index contributed by atoms with van der Waals surface area (Å²) >= 11 is 6.18. The van der Waals surface area contributed by atoms with Crippen molar-refractivity contribution in [1.29, 1.82) is 0 Å². The average molecular weight is 286 g/mol. The molecule has 20 heavy (non-hydrogen) atoms. The van der Waals surface area contributed by atoms with Crippen LogP contribution in [0.15, 0.2) is 53.5 Å². The Labute approximate surface area is 120 Å². The van der Waals surface area contributed by atoms with Gasteiger partial charge in [-0.25, -0.2) is 0 Å². The van der Waals surface area contributed by atoms with Crippen molar-refractivity contribution in [3.8, 4) is 0 Å². The summed E-state index contributed by atoms with van der Waals surface area (Å²) in [6, 6.07) is 12.8. The molecule has 0 aliphatic carbocycles. The predicted molar refractivity (Wildman–Crippen MR) is 81.0 cm³/mol. The molecule has 0 atom stereocenters. The fourth-order valence-electron chi connectivity index (χ4n) is 2.14. The first-order valence-corrected chi connectivity index (χ1v) is 6.52. The smallest absolute Gasteiger partial charge is 0.207 e. The molecule has 5 heteroatoms. The molecule has 0 radical (unpaired) electrons. The summed E-state index contributed by atoms with van der Waals surface area (Å²) in [5.41, 5.74) is 7.91. The van der Waals surface area contributed by atoms with Gasteiger partial charge in [-0.05, 0) is 29.8 Å². The molecular weight excluding hydrogens is 274 g/mol. The van der Waals surface area contributed by atoms with Crippen molar-refractivity contribution in [2.24, 2.45) is 0 Å². The number of rotatable bonds is 2. The summed E-state index contributed by atoms with van der Waals surface area (Å²) in [7, 11) is 0. The van der Waals surface area contributed by atoms with Crippen LogP contribution in [0, 0.1) is 0 Å². The average Bonchev–Trinajstić information content (AvgIpc) is 2.45. The Morgan fingerprint density at radius 3 is 2.80 bits per heavy atom. The van der Waals surface area contributed by atoms with E-state index in [0.29, 0.717) is 22.6 Å². The fourth-order valence-corrected chi connectivity index (χ4v) is 2.39. The molecule has 100 valence electrons. The summed E-state index contributed by atoms with van der Waals surface area (Å²) in [4.78, 5) is 11.8. The van der Waals surface area contributed by atoms with Crippen LogP contribution in [-0.2, 0) is 6.54 Å². The first-order valence-electron chi connectivity index (χ1n) is 6.14. The van der Waals surface area contributed by atoms with Gasteiger partial charge < -0.3 is 5.73 Å². The largest absolute Gasteiger partial charge is 0.399 e. The number of hydrogen-bond acceptors (Lipinski definition) is 3. The molecule has 3 aromatic rings. The van der Waals surface area contributed by atoms with E-state index < -0.39 is 0 Å². The fraction of sp³-hybridized carbons (Fsp3) is 0.0667. The summed E-state index contributed by atoms with van der Waals surface area (Å²) in [6.07, 6.45) is 1.33. The van der Waals surface area contributed by atoms with Crippen molar-refractivity contribution < 1.29 is 0 Å². The lowest BCUT2D eigenvalue weighted by Crippen LogP contribution is -2.13. The minimum absolute atomic E-state index is 0.0831. The summed E-state index contributed by atoms with van der Waals surface area (Å²) in [5, 5.41) is 5.42. The first-order chi connectivity index (χ1) is 9.65. The van der Waals surface area contributed by atoms with Gasteiger partial charge in [0, 0.05) is 16.1 Å². The van der Waals surface area contributed by atoms with Gasteiger partial charge in [0.1, 0.15) is 0 Å². The zero-order valence-electron chi connectivity index (χ0n) is 10.6. The third-order valence-corrected chi connectivity index (χ3v) is 3.51. The molecule has 3 rings (SSSR count). The number of anilines is 1. The molecule has 0 bridgehead atoms. The molecule has 2 aromatic carbocycles. The number of nitrogens with two attached hydrogens (primary N) is 1. The molecule has 0 saturated carbocycles. The normalized spacial score (nSPS) is 10.8. The van der Waals surface area contributed by atoms with Crippen molar-refractivity contribution in [2.45, 2.75) is 6.54 Å². The Bertz CT molecular complexity index is 842. The molecular formula is C15H12ClN3O. The highest BCUT2D eigenvalue weighted by Crippen LogP contribution is 2.21.